The number of benzene rings is 1. The molecule has 0 atom stereocenters. The van der Waals surface area contributed by atoms with E-state index in [9.17, 15) is 4.79 Å². The highest BCUT2D eigenvalue weighted by molar-refractivity contribution is 5.93. The molecule has 0 spiro atoms. The molecule has 2 N–H and O–H groups in total. The van der Waals surface area contributed by atoms with Crippen molar-refractivity contribution in [1.29, 1.82) is 5.26 Å². The quantitative estimate of drug-likeness (QED) is 0.751. The SMILES string of the molecule is Cc1nc(Nc2cccc(C#N)c2)cc(C(=O)NCCCN(C)C)n1. The van der Waals surface area contributed by atoms with Gasteiger partial charge < -0.3 is 15.5 Å². The minimum atomic E-state index is -0.224. The Morgan fingerprint density at radius 3 is 2.80 bits per heavy atom. The van der Waals surface area contributed by atoms with E-state index in [1.807, 2.05) is 20.2 Å². The third-order valence-corrected chi connectivity index (χ3v) is 3.40. The van der Waals surface area contributed by atoms with Gasteiger partial charge in [-0.15, -0.1) is 0 Å². The third kappa shape index (κ3) is 5.86. The summed E-state index contributed by atoms with van der Waals surface area (Å²) in [6.07, 6.45) is 0.870. The first-order chi connectivity index (χ1) is 12.0. The van der Waals surface area contributed by atoms with Crippen LogP contribution in [0.5, 0.6) is 0 Å². The molecule has 7 heteroatoms. The summed E-state index contributed by atoms with van der Waals surface area (Å²) in [6.45, 7) is 3.23. The number of nitrogens with zero attached hydrogens (tertiary/aromatic N) is 4. The Hall–Kier alpha value is -2.98. The Morgan fingerprint density at radius 1 is 1.28 bits per heavy atom. The van der Waals surface area contributed by atoms with E-state index < -0.39 is 0 Å². The molecule has 0 saturated heterocycles. The minimum Gasteiger partial charge on any atom is -0.351 e. The number of nitriles is 1. The van der Waals surface area contributed by atoms with E-state index in [4.69, 9.17) is 5.26 Å². The minimum absolute atomic E-state index is 0.224. The van der Waals surface area contributed by atoms with Gasteiger partial charge in [-0.3, -0.25) is 4.79 Å². The molecule has 0 unspecified atom stereocenters. The van der Waals surface area contributed by atoms with Crippen molar-refractivity contribution < 1.29 is 4.79 Å². The number of carbonyl (C=O) groups excluding carboxylic acids is 1. The molecule has 1 aromatic heterocycles. The van der Waals surface area contributed by atoms with E-state index in [0.29, 0.717) is 29.4 Å². The number of aryl methyl sites for hydroxylation is 1. The summed E-state index contributed by atoms with van der Waals surface area (Å²) in [6, 6.07) is 10.8. The van der Waals surface area contributed by atoms with Gasteiger partial charge in [0, 0.05) is 18.3 Å². The van der Waals surface area contributed by atoms with Gasteiger partial charge in [-0.05, 0) is 52.2 Å². The van der Waals surface area contributed by atoms with Crippen LogP contribution in [0.1, 0.15) is 28.3 Å². The molecule has 0 bridgehead atoms. The second kappa shape index (κ2) is 8.76. The summed E-state index contributed by atoms with van der Waals surface area (Å²) in [4.78, 5) is 22.8. The molecule has 0 aliphatic carbocycles. The van der Waals surface area contributed by atoms with Gasteiger partial charge in [0.25, 0.3) is 5.91 Å². The summed E-state index contributed by atoms with van der Waals surface area (Å²) >= 11 is 0. The van der Waals surface area contributed by atoms with Crippen LogP contribution in [0.25, 0.3) is 0 Å². The average Bonchev–Trinajstić information content (AvgIpc) is 2.58. The second-order valence-corrected chi connectivity index (χ2v) is 5.92. The third-order valence-electron chi connectivity index (χ3n) is 3.40. The molecule has 0 fully saturated rings. The molecule has 0 aliphatic heterocycles. The molecule has 1 heterocycles. The lowest BCUT2D eigenvalue weighted by Gasteiger charge is -2.11. The standard InChI is InChI=1S/C18H22N6O/c1-13-21-16(18(25)20-8-5-9-24(2)3)11-17(22-13)23-15-7-4-6-14(10-15)12-19/h4,6-7,10-11H,5,8-9H2,1-3H3,(H,20,25)(H,21,22,23). The van der Waals surface area contributed by atoms with Crippen LogP contribution in [0.2, 0.25) is 0 Å². The van der Waals surface area contributed by atoms with Crippen molar-refractivity contribution in [3.8, 4) is 6.07 Å². The van der Waals surface area contributed by atoms with Crippen molar-refractivity contribution in [2.24, 2.45) is 0 Å². The lowest BCUT2D eigenvalue weighted by molar-refractivity contribution is 0.0947. The predicted molar refractivity (Wildman–Crippen MR) is 96.7 cm³/mol. The van der Waals surface area contributed by atoms with E-state index in [-0.39, 0.29) is 5.91 Å². The van der Waals surface area contributed by atoms with Crippen LogP contribution >= 0.6 is 0 Å². The molecule has 0 radical (unpaired) electrons. The summed E-state index contributed by atoms with van der Waals surface area (Å²) in [5.41, 5.74) is 1.60. The van der Waals surface area contributed by atoms with Gasteiger partial charge in [0.2, 0.25) is 0 Å². The van der Waals surface area contributed by atoms with Crippen molar-refractivity contribution in [3.05, 3.63) is 47.4 Å². The highest BCUT2D eigenvalue weighted by Crippen LogP contribution is 2.16. The number of carbonyl (C=O) groups is 1. The van der Waals surface area contributed by atoms with Crippen LogP contribution in [0.3, 0.4) is 0 Å². The number of rotatable bonds is 7. The van der Waals surface area contributed by atoms with Crippen molar-refractivity contribution in [1.82, 2.24) is 20.2 Å². The number of amides is 1. The Morgan fingerprint density at radius 2 is 2.08 bits per heavy atom. The summed E-state index contributed by atoms with van der Waals surface area (Å²) < 4.78 is 0. The fraction of sp³-hybridized carbons (Fsp3) is 0.333. The number of anilines is 2. The van der Waals surface area contributed by atoms with Crippen LogP contribution in [-0.4, -0.2) is 48.0 Å². The fourth-order valence-corrected chi connectivity index (χ4v) is 2.25. The molecule has 0 saturated carbocycles. The van der Waals surface area contributed by atoms with Crippen LogP contribution in [0, 0.1) is 18.3 Å². The molecule has 1 amide bonds. The zero-order valence-corrected chi connectivity index (χ0v) is 14.7. The Bertz CT molecular complexity index is 781. The van der Waals surface area contributed by atoms with Crippen LogP contribution in [0.4, 0.5) is 11.5 Å². The Kier molecular flexibility index (Phi) is 6.43. The van der Waals surface area contributed by atoms with Gasteiger partial charge in [0.05, 0.1) is 11.6 Å². The predicted octanol–water partition coefficient (Wildman–Crippen LogP) is 2.08. The molecule has 2 rings (SSSR count). The Labute approximate surface area is 147 Å². The van der Waals surface area contributed by atoms with Gasteiger partial charge >= 0.3 is 0 Å². The average molecular weight is 338 g/mol. The Balaban J connectivity index is 2.06. The molecule has 0 aliphatic rings. The maximum Gasteiger partial charge on any atom is 0.270 e. The first kappa shape index (κ1) is 18.4. The van der Waals surface area contributed by atoms with E-state index in [1.54, 1.807) is 31.2 Å². The summed E-state index contributed by atoms with van der Waals surface area (Å²) in [5.74, 6) is 0.791. The van der Waals surface area contributed by atoms with Gasteiger partial charge in [-0.25, -0.2) is 9.97 Å². The van der Waals surface area contributed by atoms with Crippen LogP contribution in [-0.2, 0) is 0 Å². The summed E-state index contributed by atoms with van der Waals surface area (Å²) in [5, 5.41) is 14.9. The number of nitrogens with one attached hydrogen (secondary N) is 2. The van der Waals surface area contributed by atoms with Crippen LogP contribution in [0.15, 0.2) is 30.3 Å². The first-order valence-electron chi connectivity index (χ1n) is 8.04. The molecule has 7 nitrogen and oxygen atoms in total. The van der Waals surface area contributed by atoms with Gasteiger partial charge in [0.1, 0.15) is 17.3 Å². The molecule has 130 valence electrons. The van der Waals surface area contributed by atoms with E-state index in [1.165, 1.54) is 0 Å². The van der Waals surface area contributed by atoms with Gasteiger partial charge in [-0.2, -0.15) is 5.26 Å². The highest BCUT2D eigenvalue weighted by Gasteiger charge is 2.10. The highest BCUT2D eigenvalue weighted by atomic mass is 16.1. The number of aromatic nitrogens is 2. The van der Waals surface area contributed by atoms with E-state index >= 15 is 0 Å². The largest absolute Gasteiger partial charge is 0.351 e. The zero-order chi connectivity index (χ0) is 18.2. The normalized spacial score (nSPS) is 10.4. The smallest absolute Gasteiger partial charge is 0.270 e. The van der Waals surface area contributed by atoms with Crippen molar-refractivity contribution in [2.75, 3.05) is 32.5 Å². The van der Waals surface area contributed by atoms with E-state index in [2.05, 4.69) is 31.6 Å². The lowest BCUT2D eigenvalue weighted by atomic mass is 10.2. The monoisotopic (exact) mass is 338 g/mol. The molecular formula is C18H22N6O. The fourth-order valence-electron chi connectivity index (χ4n) is 2.25. The lowest BCUT2D eigenvalue weighted by Crippen LogP contribution is -2.28. The van der Waals surface area contributed by atoms with Crippen molar-refractivity contribution in [3.63, 3.8) is 0 Å². The maximum absolute atomic E-state index is 12.3. The first-order valence-corrected chi connectivity index (χ1v) is 8.04. The van der Waals surface area contributed by atoms with Crippen molar-refractivity contribution >= 4 is 17.4 Å². The summed E-state index contributed by atoms with van der Waals surface area (Å²) in [7, 11) is 3.99. The maximum atomic E-state index is 12.3. The van der Waals surface area contributed by atoms with Crippen LogP contribution < -0.4 is 10.6 Å². The van der Waals surface area contributed by atoms with Gasteiger partial charge in [0.15, 0.2) is 0 Å². The molecule has 1 aromatic carbocycles. The molecular weight excluding hydrogens is 316 g/mol. The van der Waals surface area contributed by atoms with Gasteiger partial charge in [-0.1, -0.05) is 6.07 Å². The topological polar surface area (TPSA) is 93.9 Å². The second-order valence-electron chi connectivity index (χ2n) is 5.92. The zero-order valence-electron chi connectivity index (χ0n) is 14.7. The molecule has 25 heavy (non-hydrogen) atoms. The molecule has 2 aromatic rings. The number of hydrogen-bond donors (Lipinski definition) is 2. The van der Waals surface area contributed by atoms with E-state index in [0.717, 1.165) is 18.7 Å². The van der Waals surface area contributed by atoms with Crippen molar-refractivity contribution in [2.45, 2.75) is 13.3 Å². The number of hydrogen-bond acceptors (Lipinski definition) is 6.